The fourth-order valence-corrected chi connectivity index (χ4v) is 3.36. The molecule has 28 heavy (non-hydrogen) atoms. The van der Waals surface area contributed by atoms with Crippen molar-refractivity contribution in [1.29, 1.82) is 0 Å². The molecule has 3 nitrogen and oxygen atoms in total. The van der Waals surface area contributed by atoms with Gasteiger partial charge in [-0.1, -0.05) is 65.7 Å². The third kappa shape index (κ3) is 5.90. The minimum absolute atomic E-state index is 0.367. The van der Waals surface area contributed by atoms with Crippen molar-refractivity contribution in [2.75, 3.05) is 6.61 Å². The van der Waals surface area contributed by atoms with Crippen LogP contribution in [0.5, 0.6) is 11.5 Å². The fraction of sp³-hybridized carbons (Fsp3) is 0.217. The molecule has 0 saturated heterocycles. The van der Waals surface area contributed by atoms with Gasteiger partial charge in [0.25, 0.3) is 0 Å². The molecule has 0 fully saturated rings. The average Bonchev–Trinajstić information content (AvgIpc) is 2.68. The predicted octanol–water partition coefficient (Wildman–Crippen LogP) is 6.26. The quantitative estimate of drug-likeness (QED) is 0.447. The number of rotatable bonds is 9. The van der Waals surface area contributed by atoms with Crippen molar-refractivity contribution in [2.24, 2.45) is 0 Å². The Morgan fingerprint density at radius 3 is 2.29 bits per heavy atom. The van der Waals surface area contributed by atoms with Crippen LogP contribution in [0.1, 0.15) is 23.6 Å². The van der Waals surface area contributed by atoms with Gasteiger partial charge in [0.2, 0.25) is 0 Å². The molecule has 0 aromatic heterocycles. The molecule has 0 bridgehead atoms. The Bertz CT molecular complexity index is 900. The van der Waals surface area contributed by atoms with Crippen LogP contribution in [-0.2, 0) is 19.7 Å². The van der Waals surface area contributed by atoms with Crippen molar-refractivity contribution < 1.29 is 9.47 Å². The summed E-state index contributed by atoms with van der Waals surface area (Å²) in [6.45, 7) is 4.31. The van der Waals surface area contributed by atoms with E-state index in [1.54, 1.807) is 0 Å². The molecular weight excluding hydrogens is 393 g/mol. The predicted molar refractivity (Wildman–Crippen MR) is 115 cm³/mol. The van der Waals surface area contributed by atoms with Crippen LogP contribution in [0.25, 0.3) is 0 Å². The van der Waals surface area contributed by atoms with Crippen molar-refractivity contribution in [3.63, 3.8) is 0 Å². The van der Waals surface area contributed by atoms with E-state index in [9.17, 15) is 0 Å². The molecule has 0 radical (unpaired) electrons. The first kappa shape index (κ1) is 20.5. The first-order chi connectivity index (χ1) is 13.7. The summed E-state index contributed by atoms with van der Waals surface area (Å²) in [4.78, 5) is 0. The summed E-state index contributed by atoms with van der Waals surface area (Å²) in [5.41, 5.74) is 3.25. The molecule has 3 rings (SSSR count). The van der Waals surface area contributed by atoms with Gasteiger partial charge in [-0.05, 0) is 47.9 Å². The first-order valence-corrected chi connectivity index (χ1v) is 9.98. The summed E-state index contributed by atoms with van der Waals surface area (Å²) in [6.07, 6.45) is 0. The molecule has 146 valence electrons. The van der Waals surface area contributed by atoms with Gasteiger partial charge in [0.15, 0.2) is 11.5 Å². The van der Waals surface area contributed by atoms with Gasteiger partial charge in [0.1, 0.15) is 6.61 Å². The topological polar surface area (TPSA) is 30.5 Å². The van der Waals surface area contributed by atoms with Gasteiger partial charge in [-0.2, -0.15) is 0 Å². The maximum atomic E-state index is 6.50. The van der Waals surface area contributed by atoms with E-state index in [2.05, 4.69) is 17.4 Å². The van der Waals surface area contributed by atoms with E-state index in [0.717, 1.165) is 17.7 Å². The van der Waals surface area contributed by atoms with Crippen LogP contribution in [0, 0.1) is 0 Å². The molecule has 0 saturated carbocycles. The lowest BCUT2D eigenvalue weighted by Gasteiger charge is -2.16. The molecule has 0 aliphatic carbocycles. The molecule has 3 aromatic carbocycles. The van der Waals surface area contributed by atoms with Crippen LogP contribution in [0.3, 0.4) is 0 Å². The molecule has 0 heterocycles. The Morgan fingerprint density at radius 2 is 1.54 bits per heavy atom. The second-order valence-corrected chi connectivity index (χ2v) is 7.19. The third-order valence-electron chi connectivity index (χ3n) is 4.14. The van der Waals surface area contributed by atoms with Crippen LogP contribution in [-0.4, -0.2) is 6.61 Å². The Balaban J connectivity index is 1.68. The van der Waals surface area contributed by atoms with Crippen LogP contribution < -0.4 is 14.8 Å². The Kier molecular flexibility index (Phi) is 7.61. The zero-order valence-corrected chi connectivity index (χ0v) is 17.3. The highest BCUT2D eigenvalue weighted by molar-refractivity contribution is 6.32. The summed E-state index contributed by atoms with van der Waals surface area (Å²) in [5, 5.41) is 4.64. The first-order valence-electron chi connectivity index (χ1n) is 9.23. The molecule has 0 aliphatic rings. The maximum Gasteiger partial charge on any atom is 0.180 e. The second-order valence-electron chi connectivity index (χ2n) is 6.35. The monoisotopic (exact) mass is 415 g/mol. The number of ether oxygens (including phenoxy) is 2. The molecule has 0 aliphatic heterocycles. The van der Waals surface area contributed by atoms with Crippen molar-refractivity contribution >= 4 is 23.2 Å². The van der Waals surface area contributed by atoms with Crippen LogP contribution in [0.4, 0.5) is 0 Å². The van der Waals surface area contributed by atoms with E-state index in [-0.39, 0.29) is 0 Å². The Morgan fingerprint density at radius 1 is 0.786 bits per heavy atom. The molecular formula is C23H23Cl2NO2. The molecule has 5 heteroatoms. The summed E-state index contributed by atoms with van der Waals surface area (Å²) < 4.78 is 11.7. The average molecular weight is 416 g/mol. The largest absolute Gasteiger partial charge is 0.490 e. The normalized spacial score (nSPS) is 10.7. The van der Waals surface area contributed by atoms with Gasteiger partial charge in [-0.25, -0.2) is 0 Å². The number of hydrogen-bond donors (Lipinski definition) is 1. The molecule has 0 spiro atoms. The van der Waals surface area contributed by atoms with Crippen molar-refractivity contribution in [3.8, 4) is 11.5 Å². The van der Waals surface area contributed by atoms with Gasteiger partial charge in [-0.15, -0.1) is 0 Å². The summed E-state index contributed by atoms with van der Waals surface area (Å²) in [6, 6.07) is 21.7. The fourth-order valence-electron chi connectivity index (χ4n) is 2.86. The highest BCUT2D eigenvalue weighted by atomic mass is 35.5. The number of hydrogen-bond acceptors (Lipinski definition) is 3. The van der Waals surface area contributed by atoms with Crippen LogP contribution in [0.15, 0.2) is 66.7 Å². The minimum atomic E-state index is 0.367. The number of halogens is 2. The van der Waals surface area contributed by atoms with E-state index in [4.69, 9.17) is 32.7 Å². The van der Waals surface area contributed by atoms with Gasteiger partial charge in [-0.3, -0.25) is 0 Å². The van der Waals surface area contributed by atoms with Crippen molar-refractivity contribution in [2.45, 2.75) is 26.6 Å². The smallest absolute Gasteiger partial charge is 0.180 e. The highest BCUT2D eigenvalue weighted by Crippen LogP contribution is 2.37. The van der Waals surface area contributed by atoms with E-state index in [1.807, 2.05) is 61.5 Å². The maximum absolute atomic E-state index is 6.50. The van der Waals surface area contributed by atoms with Crippen LogP contribution >= 0.6 is 23.2 Å². The van der Waals surface area contributed by atoms with Crippen molar-refractivity contribution in [1.82, 2.24) is 5.32 Å². The molecule has 3 aromatic rings. The van der Waals surface area contributed by atoms with Crippen LogP contribution in [0.2, 0.25) is 10.0 Å². The lowest BCUT2D eigenvalue weighted by Crippen LogP contribution is -2.13. The third-order valence-corrected chi connectivity index (χ3v) is 4.66. The Hall–Kier alpha value is -2.20. The highest BCUT2D eigenvalue weighted by Gasteiger charge is 2.13. The van der Waals surface area contributed by atoms with Crippen molar-refractivity contribution in [3.05, 3.63) is 93.5 Å². The molecule has 0 amide bonds. The van der Waals surface area contributed by atoms with Gasteiger partial charge in [0.05, 0.1) is 11.6 Å². The van der Waals surface area contributed by atoms with E-state index in [1.165, 1.54) is 5.56 Å². The molecule has 1 N–H and O–H groups in total. The summed E-state index contributed by atoms with van der Waals surface area (Å²) >= 11 is 12.5. The summed E-state index contributed by atoms with van der Waals surface area (Å²) in [5.74, 6) is 1.20. The lowest BCUT2D eigenvalue weighted by atomic mass is 10.1. The van der Waals surface area contributed by atoms with E-state index in [0.29, 0.717) is 41.3 Å². The van der Waals surface area contributed by atoms with Gasteiger partial charge < -0.3 is 14.8 Å². The zero-order valence-electron chi connectivity index (χ0n) is 15.8. The number of nitrogens with one attached hydrogen (secondary N) is 1. The minimum Gasteiger partial charge on any atom is -0.490 e. The standard InChI is InChI=1S/C23H23Cl2NO2/c1-2-27-22-13-19(15-26-14-17-7-4-3-5-8-17)12-21(25)23(22)28-16-18-9-6-10-20(24)11-18/h3-13,26H,2,14-16H2,1H3. The molecule has 0 atom stereocenters. The van der Waals surface area contributed by atoms with E-state index < -0.39 is 0 Å². The zero-order chi connectivity index (χ0) is 19.8. The Labute approximate surface area is 176 Å². The number of benzene rings is 3. The van der Waals surface area contributed by atoms with Gasteiger partial charge >= 0.3 is 0 Å². The lowest BCUT2D eigenvalue weighted by molar-refractivity contribution is 0.269. The van der Waals surface area contributed by atoms with E-state index >= 15 is 0 Å². The molecule has 0 unspecified atom stereocenters. The van der Waals surface area contributed by atoms with Gasteiger partial charge in [0, 0.05) is 18.1 Å². The SMILES string of the molecule is CCOc1cc(CNCc2ccccc2)cc(Cl)c1OCc1cccc(Cl)c1. The second kappa shape index (κ2) is 10.4. The summed E-state index contributed by atoms with van der Waals surface area (Å²) in [7, 11) is 0.